The largest absolute Gasteiger partial charge is 0.349 e. The zero-order chi connectivity index (χ0) is 13.4. The predicted octanol–water partition coefficient (Wildman–Crippen LogP) is 1.43. The highest BCUT2D eigenvalue weighted by atomic mass is 16.1. The highest BCUT2D eigenvalue weighted by molar-refractivity contribution is 5.75. The van der Waals surface area contributed by atoms with E-state index in [-0.39, 0.29) is 5.91 Å². The van der Waals surface area contributed by atoms with Crippen molar-refractivity contribution in [3.63, 3.8) is 0 Å². The van der Waals surface area contributed by atoms with Crippen LogP contribution < -0.4 is 11.1 Å². The number of imidazole rings is 1. The number of H-pyrrole nitrogens is 1. The van der Waals surface area contributed by atoms with Crippen molar-refractivity contribution in [2.24, 2.45) is 17.6 Å². The van der Waals surface area contributed by atoms with E-state index in [1.807, 2.05) is 0 Å². The van der Waals surface area contributed by atoms with Crippen molar-refractivity contribution < 1.29 is 4.79 Å². The van der Waals surface area contributed by atoms with Gasteiger partial charge in [-0.3, -0.25) is 4.79 Å². The van der Waals surface area contributed by atoms with Crippen LogP contribution in [0.15, 0.2) is 12.4 Å². The summed E-state index contributed by atoms with van der Waals surface area (Å²) in [4.78, 5) is 18.7. The maximum absolute atomic E-state index is 11.7. The van der Waals surface area contributed by atoms with Crippen LogP contribution in [0.3, 0.4) is 0 Å². The highest BCUT2D eigenvalue weighted by Gasteiger charge is 2.14. The first-order valence-electron chi connectivity index (χ1n) is 6.58. The Morgan fingerprint density at radius 2 is 2.28 bits per heavy atom. The number of hydrogen-bond donors (Lipinski definition) is 3. The lowest BCUT2D eigenvalue weighted by molar-refractivity contribution is -0.121. The topological polar surface area (TPSA) is 83.8 Å². The monoisotopic (exact) mass is 252 g/mol. The number of carbonyl (C=O) groups excluding carboxylic acids is 1. The van der Waals surface area contributed by atoms with Crippen molar-refractivity contribution in [1.82, 2.24) is 15.3 Å². The van der Waals surface area contributed by atoms with Gasteiger partial charge in [0.2, 0.25) is 5.91 Å². The number of aromatic nitrogens is 2. The average Bonchev–Trinajstić information content (AvgIpc) is 2.84. The zero-order valence-electron chi connectivity index (χ0n) is 11.3. The van der Waals surface area contributed by atoms with E-state index in [9.17, 15) is 4.79 Å². The molecule has 0 aliphatic heterocycles. The van der Waals surface area contributed by atoms with Crippen LogP contribution in [0.1, 0.15) is 38.9 Å². The van der Waals surface area contributed by atoms with Crippen LogP contribution in [-0.4, -0.2) is 22.4 Å². The third kappa shape index (κ3) is 5.31. The normalized spacial score (nSPS) is 12.7. The number of nitrogens with zero attached hydrogens (tertiary/aromatic N) is 1. The SMILES string of the molecule is CC(C)C(CCN)CCC(=O)NCc1ncc[nH]1. The molecule has 0 bridgehead atoms. The summed E-state index contributed by atoms with van der Waals surface area (Å²) in [7, 11) is 0. The Labute approximate surface area is 109 Å². The molecule has 0 aromatic carbocycles. The zero-order valence-corrected chi connectivity index (χ0v) is 11.3. The molecular weight excluding hydrogens is 228 g/mol. The molecule has 4 N–H and O–H groups in total. The van der Waals surface area contributed by atoms with Crippen molar-refractivity contribution in [1.29, 1.82) is 0 Å². The standard InChI is InChI=1S/C13H24N4O/c1-10(2)11(5-6-14)3-4-13(18)17-9-12-15-7-8-16-12/h7-8,10-11H,3-6,9,14H2,1-2H3,(H,15,16)(H,17,18). The Hall–Kier alpha value is -1.36. The lowest BCUT2D eigenvalue weighted by Crippen LogP contribution is -2.25. The van der Waals surface area contributed by atoms with E-state index in [0.717, 1.165) is 18.7 Å². The smallest absolute Gasteiger partial charge is 0.220 e. The molecule has 1 rings (SSSR count). The first-order valence-corrected chi connectivity index (χ1v) is 6.58. The van der Waals surface area contributed by atoms with E-state index < -0.39 is 0 Å². The lowest BCUT2D eigenvalue weighted by Gasteiger charge is -2.19. The van der Waals surface area contributed by atoms with Gasteiger partial charge < -0.3 is 16.0 Å². The van der Waals surface area contributed by atoms with E-state index in [4.69, 9.17) is 5.73 Å². The maximum atomic E-state index is 11.7. The lowest BCUT2D eigenvalue weighted by atomic mass is 9.88. The number of rotatable bonds is 8. The van der Waals surface area contributed by atoms with E-state index in [1.165, 1.54) is 0 Å². The minimum atomic E-state index is 0.0778. The van der Waals surface area contributed by atoms with Gasteiger partial charge in [0.25, 0.3) is 0 Å². The van der Waals surface area contributed by atoms with Gasteiger partial charge >= 0.3 is 0 Å². The molecular formula is C13H24N4O. The van der Waals surface area contributed by atoms with Crippen LogP contribution >= 0.6 is 0 Å². The molecule has 1 unspecified atom stereocenters. The molecule has 1 heterocycles. The first kappa shape index (κ1) is 14.7. The molecule has 0 spiro atoms. The van der Waals surface area contributed by atoms with Crippen molar-refractivity contribution >= 4 is 5.91 Å². The number of aromatic amines is 1. The number of amides is 1. The second kappa shape index (κ2) is 7.87. The molecule has 102 valence electrons. The van der Waals surface area contributed by atoms with E-state index in [2.05, 4.69) is 29.1 Å². The van der Waals surface area contributed by atoms with Gasteiger partial charge in [0, 0.05) is 18.8 Å². The van der Waals surface area contributed by atoms with Crippen molar-refractivity contribution in [3.05, 3.63) is 18.2 Å². The molecule has 0 saturated carbocycles. The van der Waals surface area contributed by atoms with Crippen molar-refractivity contribution in [3.8, 4) is 0 Å². The van der Waals surface area contributed by atoms with Crippen molar-refractivity contribution in [2.45, 2.75) is 39.7 Å². The molecule has 1 aromatic heterocycles. The van der Waals surface area contributed by atoms with E-state index in [1.54, 1.807) is 12.4 Å². The summed E-state index contributed by atoms with van der Waals surface area (Å²) in [5, 5.41) is 2.86. The second-order valence-electron chi connectivity index (χ2n) is 4.93. The van der Waals surface area contributed by atoms with Gasteiger partial charge in [-0.15, -0.1) is 0 Å². The van der Waals surface area contributed by atoms with Crippen LogP contribution in [0, 0.1) is 11.8 Å². The predicted molar refractivity (Wildman–Crippen MR) is 71.7 cm³/mol. The Balaban J connectivity index is 2.23. The summed E-state index contributed by atoms with van der Waals surface area (Å²) in [6.45, 7) is 5.52. The van der Waals surface area contributed by atoms with Gasteiger partial charge in [-0.05, 0) is 31.2 Å². The molecule has 1 aromatic rings. The maximum Gasteiger partial charge on any atom is 0.220 e. The van der Waals surface area contributed by atoms with E-state index in [0.29, 0.717) is 31.3 Å². The van der Waals surface area contributed by atoms with Crippen LogP contribution in [0.2, 0.25) is 0 Å². The molecule has 0 aliphatic rings. The van der Waals surface area contributed by atoms with Crippen molar-refractivity contribution in [2.75, 3.05) is 6.54 Å². The highest BCUT2D eigenvalue weighted by Crippen LogP contribution is 2.20. The molecule has 1 atom stereocenters. The Morgan fingerprint density at radius 3 is 2.83 bits per heavy atom. The van der Waals surface area contributed by atoms with Gasteiger partial charge in [0.15, 0.2) is 0 Å². The van der Waals surface area contributed by atoms with Crippen LogP contribution in [-0.2, 0) is 11.3 Å². The first-order chi connectivity index (χ1) is 8.63. The minimum absolute atomic E-state index is 0.0778. The fourth-order valence-corrected chi connectivity index (χ4v) is 2.01. The number of nitrogens with two attached hydrogens (primary N) is 1. The number of hydrogen-bond acceptors (Lipinski definition) is 3. The minimum Gasteiger partial charge on any atom is -0.349 e. The van der Waals surface area contributed by atoms with Gasteiger partial charge in [-0.1, -0.05) is 13.8 Å². The third-order valence-corrected chi connectivity index (χ3v) is 3.23. The second-order valence-corrected chi connectivity index (χ2v) is 4.93. The molecule has 0 radical (unpaired) electrons. The molecule has 0 aliphatic carbocycles. The van der Waals surface area contributed by atoms with E-state index >= 15 is 0 Å². The molecule has 5 heteroatoms. The van der Waals surface area contributed by atoms with Crippen LogP contribution in [0.5, 0.6) is 0 Å². The molecule has 5 nitrogen and oxygen atoms in total. The van der Waals surface area contributed by atoms with Gasteiger partial charge in [0.1, 0.15) is 5.82 Å². The quantitative estimate of drug-likeness (QED) is 0.654. The third-order valence-electron chi connectivity index (χ3n) is 3.23. The van der Waals surface area contributed by atoms with Gasteiger partial charge in [-0.2, -0.15) is 0 Å². The van der Waals surface area contributed by atoms with Crippen LogP contribution in [0.25, 0.3) is 0 Å². The Kier molecular flexibility index (Phi) is 6.43. The summed E-state index contributed by atoms with van der Waals surface area (Å²) in [5.74, 6) is 1.97. The number of carbonyl (C=O) groups is 1. The number of nitrogens with one attached hydrogen (secondary N) is 2. The Morgan fingerprint density at radius 1 is 1.50 bits per heavy atom. The average molecular weight is 252 g/mol. The summed E-state index contributed by atoms with van der Waals surface area (Å²) in [5.41, 5.74) is 5.58. The fourth-order valence-electron chi connectivity index (χ4n) is 2.01. The molecule has 1 amide bonds. The Bertz CT molecular complexity index is 335. The molecule has 0 saturated heterocycles. The molecule has 18 heavy (non-hydrogen) atoms. The summed E-state index contributed by atoms with van der Waals surface area (Å²) < 4.78 is 0. The van der Waals surface area contributed by atoms with Gasteiger partial charge in [0.05, 0.1) is 6.54 Å². The summed E-state index contributed by atoms with van der Waals surface area (Å²) >= 11 is 0. The summed E-state index contributed by atoms with van der Waals surface area (Å²) in [6, 6.07) is 0. The van der Waals surface area contributed by atoms with Gasteiger partial charge in [-0.25, -0.2) is 4.98 Å². The summed E-state index contributed by atoms with van der Waals surface area (Å²) in [6.07, 6.45) is 5.88. The fraction of sp³-hybridized carbons (Fsp3) is 0.692. The van der Waals surface area contributed by atoms with Crippen LogP contribution in [0.4, 0.5) is 0 Å². The molecule has 0 fully saturated rings.